The minimum atomic E-state index is -0.499. The highest BCUT2D eigenvalue weighted by Crippen LogP contribution is 2.22. The van der Waals surface area contributed by atoms with E-state index in [9.17, 15) is 9.59 Å². The molecule has 4 nitrogen and oxygen atoms in total. The predicted molar refractivity (Wildman–Crippen MR) is 117 cm³/mol. The summed E-state index contributed by atoms with van der Waals surface area (Å²) in [5.74, 6) is 0.0905. The number of nitrogens with one attached hydrogen (secondary N) is 1. The van der Waals surface area contributed by atoms with Crippen LogP contribution < -0.4 is 5.32 Å². The maximum atomic E-state index is 13.1. The van der Waals surface area contributed by atoms with Crippen LogP contribution in [0.5, 0.6) is 0 Å². The molecule has 2 rings (SSSR count). The van der Waals surface area contributed by atoms with Crippen LogP contribution in [0.2, 0.25) is 5.02 Å². The maximum absolute atomic E-state index is 13.1. The summed E-state index contributed by atoms with van der Waals surface area (Å²) < 4.78 is 0. The molecule has 2 amide bonds. The number of hydrogen-bond donors (Lipinski definition) is 1. The zero-order chi connectivity index (χ0) is 20.5. The molecule has 1 N–H and O–H groups in total. The molecule has 6 heteroatoms. The van der Waals surface area contributed by atoms with Crippen LogP contribution in [-0.4, -0.2) is 34.6 Å². The number of amides is 2. The third-order valence-electron chi connectivity index (χ3n) is 4.19. The average molecular weight is 419 g/mol. The van der Waals surface area contributed by atoms with Crippen molar-refractivity contribution in [2.75, 3.05) is 5.75 Å². The fourth-order valence-electron chi connectivity index (χ4n) is 2.84. The average Bonchev–Trinajstić information content (AvgIpc) is 2.67. The second-order valence-electron chi connectivity index (χ2n) is 6.84. The molecule has 0 spiro atoms. The molecule has 28 heavy (non-hydrogen) atoms. The Kier molecular flexibility index (Phi) is 8.87. The molecule has 0 fully saturated rings. The van der Waals surface area contributed by atoms with Gasteiger partial charge in [-0.3, -0.25) is 9.59 Å². The topological polar surface area (TPSA) is 49.4 Å². The Labute approximate surface area is 176 Å². The number of nitrogens with zero attached hydrogens (tertiary/aromatic N) is 1. The normalized spacial score (nSPS) is 11.9. The fourth-order valence-corrected chi connectivity index (χ4v) is 3.75. The summed E-state index contributed by atoms with van der Waals surface area (Å²) in [4.78, 5) is 28.4. The van der Waals surface area contributed by atoms with E-state index in [0.717, 1.165) is 10.5 Å². The number of carbonyl (C=O) groups excluding carboxylic acids is 2. The van der Waals surface area contributed by atoms with Crippen LogP contribution in [0.3, 0.4) is 0 Å². The molecule has 0 bridgehead atoms. The molecule has 2 aromatic rings. The maximum Gasteiger partial charge on any atom is 0.243 e. The first-order chi connectivity index (χ1) is 13.4. The third-order valence-corrected chi connectivity index (χ3v) is 5.44. The van der Waals surface area contributed by atoms with Crippen molar-refractivity contribution >= 4 is 35.2 Å². The van der Waals surface area contributed by atoms with Crippen LogP contribution in [0.4, 0.5) is 0 Å². The van der Waals surface area contributed by atoms with E-state index in [2.05, 4.69) is 5.32 Å². The van der Waals surface area contributed by atoms with Gasteiger partial charge in [0.15, 0.2) is 0 Å². The van der Waals surface area contributed by atoms with E-state index in [-0.39, 0.29) is 23.6 Å². The van der Waals surface area contributed by atoms with Gasteiger partial charge in [-0.1, -0.05) is 48.9 Å². The summed E-state index contributed by atoms with van der Waals surface area (Å²) in [5.41, 5.74) is 1.00. The lowest BCUT2D eigenvalue weighted by atomic mass is 10.1. The summed E-state index contributed by atoms with van der Waals surface area (Å²) in [5, 5.41) is 3.61. The molecule has 0 aliphatic heterocycles. The molecule has 0 saturated carbocycles. The van der Waals surface area contributed by atoms with Gasteiger partial charge < -0.3 is 10.2 Å². The van der Waals surface area contributed by atoms with Gasteiger partial charge in [-0.15, -0.1) is 11.8 Å². The molecule has 0 saturated heterocycles. The fraction of sp³-hybridized carbons (Fsp3) is 0.364. The van der Waals surface area contributed by atoms with Gasteiger partial charge in [0.05, 0.1) is 5.75 Å². The van der Waals surface area contributed by atoms with Crippen LogP contribution in [0.25, 0.3) is 0 Å². The quantitative estimate of drug-likeness (QED) is 0.597. The Hall–Kier alpha value is -1.98. The van der Waals surface area contributed by atoms with E-state index in [0.29, 0.717) is 18.0 Å². The van der Waals surface area contributed by atoms with E-state index in [4.69, 9.17) is 11.6 Å². The number of carbonyl (C=O) groups is 2. The first kappa shape index (κ1) is 22.3. The zero-order valence-electron chi connectivity index (χ0n) is 16.5. The van der Waals surface area contributed by atoms with Crippen molar-refractivity contribution in [1.82, 2.24) is 10.2 Å². The Morgan fingerprint density at radius 3 is 2.29 bits per heavy atom. The van der Waals surface area contributed by atoms with Crippen molar-refractivity contribution in [3.8, 4) is 0 Å². The third kappa shape index (κ3) is 6.88. The number of thioether (sulfide) groups is 1. The van der Waals surface area contributed by atoms with E-state index < -0.39 is 6.04 Å². The molecule has 150 valence electrons. The van der Waals surface area contributed by atoms with Crippen molar-refractivity contribution in [3.63, 3.8) is 0 Å². The van der Waals surface area contributed by atoms with Gasteiger partial charge in [-0.05, 0) is 50.1 Å². The Morgan fingerprint density at radius 1 is 1.07 bits per heavy atom. The first-order valence-corrected chi connectivity index (χ1v) is 10.8. The van der Waals surface area contributed by atoms with Crippen molar-refractivity contribution in [2.45, 2.75) is 50.7 Å². The van der Waals surface area contributed by atoms with Gasteiger partial charge in [0.25, 0.3) is 0 Å². The highest BCUT2D eigenvalue weighted by Gasteiger charge is 2.28. The van der Waals surface area contributed by atoms with E-state index in [1.807, 2.05) is 63.2 Å². The lowest BCUT2D eigenvalue weighted by Gasteiger charge is -2.31. The van der Waals surface area contributed by atoms with Gasteiger partial charge in [0, 0.05) is 22.5 Å². The van der Waals surface area contributed by atoms with E-state index in [1.54, 1.807) is 17.0 Å². The van der Waals surface area contributed by atoms with Crippen LogP contribution >= 0.6 is 23.4 Å². The summed E-state index contributed by atoms with van der Waals surface area (Å²) in [6.07, 6.45) is 0.558. The summed E-state index contributed by atoms with van der Waals surface area (Å²) in [7, 11) is 0. The predicted octanol–water partition coefficient (Wildman–Crippen LogP) is 4.76. The molecule has 0 aliphatic carbocycles. The van der Waals surface area contributed by atoms with Gasteiger partial charge >= 0.3 is 0 Å². The summed E-state index contributed by atoms with van der Waals surface area (Å²) in [6, 6.07) is 16.7. The van der Waals surface area contributed by atoms with Gasteiger partial charge in [-0.2, -0.15) is 0 Å². The largest absolute Gasteiger partial charge is 0.352 e. The number of benzene rings is 2. The number of hydrogen-bond acceptors (Lipinski definition) is 3. The molecule has 0 radical (unpaired) electrons. The van der Waals surface area contributed by atoms with Crippen molar-refractivity contribution < 1.29 is 9.59 Å². The standard InChI is InChI=1S/C22H27ClN2O2S/c1-4-20(22(27)24-16(2)3)25(14-17-8-6-5-7-9-17)21(26)15-28-19-12-10-18(23)11-13-19/h5-13,16,20H,4,14-15H2,1-3H3,(H,24,27). The number of halogens is 1. The Bertz CT molecular complexity index is 766. The Balaban J connectivity index is 2.16. The second kappa shape index (κ2) is 11.1. The molecular weight excluding hydrogens is 392 g/mol. The van der Waals surface area contributed by atoms with Crippen LogP contribution in [0.1, 0.15) is 32.8 Å². The molecule has 2 aromatic carbocycles. The first-order valence-electron chi connectivity index (χ1n) is 9.42. The molecular formula is C22H27ClN2O2S. The zero-order valence-corrected chi connectivity index (χ0v) is 18.1. The van der Waals surface area contributed by atoms with Crippen LogP contribution in [-0.2, 0) is 16.1 Å². The lowest BCUT2D eigenvalue weighted by molar-refractivity contribution is -0.139. The minimum Gasteiger partial charge on any atom is -0.352 e. The molecule has 1 unspecified atom stereocenters. The van der Waals surface area contributed by atoms with Crippen LogP contribution in [0, 0.1) is 0 Å². The number of rotatable bonds is 9. The lowest BCUT2D eigenvalue weighted by Crippen LogP contribution is -2.50. The molecule has 0 heterocycles. The Morgan fingerprint density at radius 2 is 1.71 bits per heavy atom. The smallest absolute Gasteiger partial charge is 0.243 e. The van der Waals surface area contributed by atoms with E-state index >= 15 is 0 Å². The molecule has 0 aliphatic rings. The minimum absolute atomic E-state index is 0.0265. The van der Waals surface area contributed by atoms with Crippen molar-refractivity contribution in [2.24, 2.45) is 0 Å². The monoisotopic (exact) mass is 418 g/mol. The van der Waals surface area contributed by atoms with Crippen LogP contribution in [0.15, 0.2) is 59.5 Å². The highest BCUT2D eigenvalue weighted by molar-refractivity contribution is 8.00. The van der Waals surface area contributed by atoms with Gasteiger partial charge in [0.2, 0.25) is 11.8 Å². The van der Waals surface area contributed by atoms with Gasteiger partial charge in [-0.25, -0.2) is 0 Å². The molecule has 0 aromatic heterocycles. The van der Waals surface area contributed by atoms with Crippen molar-refractivity contribution in [3.05, 3.63) is 65.2 Å². The summed E-state index contributed by atoms with van der Waals surface area (Å²) in [6.45, 7) is 6.18. The molecule has 1 atom stereocenters. The summed E-state index contributed by atoms with van der Waals surface area (Å²) >= 11 is 7.37. The second-order valence-corrected chi connectivity index (χ2v) is 8.32. The van der Waals surface area contributed by atoms with Crippen molar-refractivity contribution in [1.29, 1.82) is 0 Å². The van der Waals surface area contributed by atoms with Gasteiger partial charge in [0.1, 0.15) is 6.04 Å². The van der Waals surface area contributed by atoms with E-state index in [1.165, 1.54) is 11.8 Å². The highest BCUT2D eigenvalue weighted by atomic mass is 35.5. The SMILES string of the molecule is CCC(C(=O)NC(C)C)N(Cc1ccccc1)C(=O)CSc1ccc(Cl)cc1.